The van der Waals surface area contributed by atoms with Crippen LogP contribution in [0, 0.1) is 6.92 Å². The monoisotopic (exact) mass is 374 g/mol. The van der Waals surface area contributed by atoms with E-state index in [1.54, 1.807) is 25.3 Å². The smallest absolute Gasteiger partial charge is 0.319 e. The van der Waals surface area contributed by atoms with Crippen LogP contribution in [0.2, 0.25) is 0 Å². The fourth-order valence-electron chi connectivity index (χ4n) is 2.50. The highest BCUT2D eigenvalue weighted by Crippen LogP contribution is 2.29. The van der Waals surface area contributed by atoms with E-state index in [0.717, 1.165) is 11.1 Å². The SMILES string of the molecule is COc1ccc(NC(=O)NCC(OCCO)c2ccc(C)cc2)c(OC)c1. The van der Waals surface area contributed by atoms with Crippen molar-refractivity contribution in [3.63, 3.8) is 0 Å². The number of aryl methyl sites for hydroxylation is 1. The standard InChI is InChI=1S/C20H26N2O5/c1-14-4-6-15(7-5-14)19(27-11-10-23)13-21-20(24)22-17-9-8-16(25-2)12-18(17)26-3/h4-9,12,19,23H,10-11,13H2,1-3H3,(H2,21,22,24). The number of benzene rings is 2. The van der Waals surface area contributed by atoms with Crippen molar-refractivity contribution in [2.45, 2.75) is 13.0 Å². The fourth-order valence-corrected chi connectivity index (χ4v) is 2.50. The molecule has 1 unspecified atom stereocenters. The summed E-state index contributed by atoms with van der Waals surface area (Å²) in [6, 6.07) is 12.6. The van der Waals surface area contributed by atoms with E-state index in [2.05, 4.69) is 10.6 Å². The molecule has 7 heteroatoms. The quantitative estimate of drug-likeness (QED) is 0.628. The maximum atomic E-state index is 12.3. The Balaban J connectivity index is 1.99. The minimum atomic E-state index is -0.386. The molecule has 0 spiro atoms. The van der Waals surface area contributed by atoms with Crippen molar-refractivity contribution in [1.29, 1.82) is 0 Å². The number of nitrogens with one attached hydrogen (secondary N) is 2. The van der Waals surface area contributed by atoms with Crippen molar-refractivity contribution in [2.24, 2.45) is 0 Å². The van der Waals surface area contributed by atoms with Gasteiger partial charge in [0.05, 0.1) is 39.2 Å². The summed E-state index contributed by atoms with van der Waals surface area (Å²) in [4.78, 5) is 12.3. The number of ether oxygens (including phenoxy) is 3. The number of rotatable bonds is 9. The van der Waals surface area contributed by atoms with Crippen LogP contribution in [0.5, 0.6) is 11.5 Å². The number of amides is 2. The summed E-state index contributed by atoms with van der Waals surface area (Å²) in [7, 11) is 3.08. The lowest BCUT2D eigenvalue weighted by Crippen LogP contribution is -2.33. The van der Waals surface area contributed by atoms with Crippen LogP contribution in [0.15, 0.2) is 42.5 Å². The number of hydrogen-bond donors (Lipinski definition) is 3. The highest BCUT2D eigenvalue weighted by Gasteiger charge is 2.15. The molecule has 7 nitrogen and oxygen atoms in total. The van der Waals surface area contributed by atoms with Gasteiger partial charge >= 0.3 is 6.03 Å². The van der Waals surface area contributed by atoms with Gasteiger partial charge in [-0.1, -0.05) is 29.8 Å². The lowest BCUT2D eigenvalue weighted by Gasteiger charge is -2.19. The molecule has 146 valence electrons. The molecule has 3 N–H and O–H groups in total. The van der Waals surface area contributed by atoms with Gasteiger partial charge in [-0.2, -0.15) is 0 Å². The van der Waals surface area contributed by atoms with E-state index in [0.29, 0.717) is 17.2 Å². The van der Waals surface area contributed by atoms with E-state index < -0.39 is 0 Å². The molecule has 0 heterocycles. The van der Waals surface area contributed by atoms with Gasteiger partial charge in [0.1, 0.15) is 11.5 Å². The second-order valence-corrected chi connectivity index (χ2v) is 5.89. The first-order chi connectivity index (χ1) is 13.1. The molecular formula is C20H26N2O5. The number of anilines is 1. The summed E-state index contributed by atoms with van der Waals surface area (Å²) in [6.07, 6.45) is -0.360. The molecule has 0 aromatic heterocycles. The third kappa shape index (κ3) is 6.16. The summed E-state index contributed by atoms with van der Waals surface area (Å²) in [5, 5.41) is 14.6. The van der Waals surface area contributed by atoms with Gasteiger partial charge in [0.15, 0.2) is 0 Å². The van der Waals surface area contributed by atoms with Gasteiger partial charge in [-0.3, -0.25) is 0 Å². The van der Waals surface area contributed by atoms with Crippen molar-refractivity contribution >= 4 is 11.7 Å². The van der Waals surface area contributed by atoms with Gasteiger partial charge in [-0.05, 0) is 24.6 Å². The largest absolute Gasteiger partial charge is 0.497 e. The number of aliphatic hydroxyl groups excluding tert-OH is 1. The predicted molar refractivity (Wildman–Crippen MR) is 104 cm³/mol. The molecule has 0 aliphatic rings. The van der Waals surface area contributed by atoms with Crippen LogP contribution in [0.3, 0.4) is 0 Å². The minimum Gasteiger partial charge on any atom is -0.497 e. The van der Waals surface area contributed by atoms with Crippen LogP contribution >= 0.6 is 0 Å². The van der Waals surface area contributed by atoms with E-state index >= 15 is 0 Å². The molecule has 0 saturated heterocycles. The molecule has 0 radical (unpaired) electrons. The fraction of sp³-hybridized carbons (Fsp3) is 0.350. The maximum absolute atomic E-state index is 12.3. The van der Waals surface area contributed by atoms with Crippen LogP contribution < -0.4 is 20.1 Å². The van der Waals surface area contributed by atoms with E-state index in [4.69, 9.17) is 19.3 Å². The van der Waals surface area contributed by atoms with Crippen molar-refractivity contribution in [3.05, 3.63) is 53.6 Å². The molecule has 2 aromatic rings. The Labute approximate surface area is 159 Å². The van der Waals surface area contributed by atoms with Crippen molar-refractivity contribution in [3.8, 4) is 11.5 Å². The van der Waals surface area contributed by atoms with Crippen molar-refractivity contribution in [2.75, 3.05) is 39.3 Å². The lowest BCUT2D eigenvalue weighted by atomic mass is 10.1. The Morgan fingerprint density at radius 2 is 1.85 bits per heavy atom. The zero-order chi connectivity index (χ0) is 19.6. The minimum absolute atomic E-state index is 0.0857. The molecule has 1 atom stereocenters. The second kappa shape index (κ2) is 10.4. The highest BCUT2D eigenvalue weighted by molar-refractivity contribution is 5.91. The van der Waals surface area contributed by atoms with Crippen molar-refractivity contribution in [1.82, 2.24) is 5.32 Å². The molecule has 2 amide bonds. The number of carbonyl (C=O) groups excluding carboxylic acids is 1. The lowest BCUT2D eigenvalue weighted by molar-refractivity contribution is 0.0297. The van der Waals surface area contributed by atoms with Crippen molar-refractivity contribution < 1.29 is 24.1 Å². The molecule has 27 heavy (non-hydrogen) atoms. The summed E-state index contributed by atoms with van der Waals surface area (Å²) in [5.41, 5.74) is 2.59. The van der Waals surface area contributed by atoms with Gasteiger partial charge in [0, 0.05) is 12.6 Å². The predicted octanol–water partition coefficient (Wildman–Crippen LogP) is 2.88. The number of hydrogen-bond acceptors (Lipinski definition) is 5. The molecule has 0 fully saturated rings. The average molecular weight is 374 g/mol. The number of carbonyl (C=O) groups is 1. The Bertz CT molecular complexity index is 734. The number of aliphatic hydroxyl groups is 1. The highest BCUT2D eigenvalue weighted by atomic mass is 16.5. The molecule has 0 bridgehead atoms. The number of methoxy groups -OCH3 is 2. The normalized spacial score (nSPS) is 11.6. The Morgan fingerprint density at radius 3 is 2.48 bits per heavy atom. The van der Waals surface area contributed by atoms with Crippen LogP contribution in [0.25, 0.3) is 0 Å². The Kier molecular flexibility index (Phi) is 7.91. The first-order valence-electron chi connectivity index (χ1n) is 8.63. The van der Waals surface area contributed by atoms with E-state index in [-0.39, 0.29) is 31.9 Å². The molecule has 0 aliphatic heterocycles. The van der Waals surface area contributed by atoms with Gasteiger partial charge in [-0.25, -0.2) is 4.79 Å². The van der Waals surface area contributed by atoms with Crippen LogP contribution in [-0.4, -0.2) is 45.1 Å². The first kappa shape index (κ1) is 20.5. The summed E-state index contributed by atoms with van der Waals surface area (Å²) in [6.45, 7) is 2.36. The topological polar surface area (TPSA) is 89.1 Å². The summed E-state index contributed by atoms with van der Waals surface area (Å²) >= 11 is 0. The Morgan fingerprint density at radius 1 is 1.11 bits per heavy atom. The maximum Gasteiger partial charge on any atom is 0.319 e. The summed E-state index contributed by atoms with van der Waals surface area (Å²) in [5.74, 6) is 1.13. The van der Waals surface area contributed by atoms with Crippen LogP contribution in [0.1, 0.15) is 17.2 Å². The molecule has 2 aromatic carbocycles. The van der Waals surface area contributed by atoms with Crippen LogP contribution in [-0.2, 0) is 4.74 Å². The van der Waals surface area contributed by atoms with Gasteiger partial charge < -0.3 is 30.0 Å². The molecular weight excluding hydrogens is 348 g/mol. The first-order valence-corrected chi connectivity index (χ1v) is 8.63. The summed E-state index contributed by atoms with van der Waals surface area (Å²) < 4.78 is 16.1. The van der Waals surface area contributed by atoms with Gasteiger partial charge in [0.25, 0.3) is 0 Å². The van der Waals surface area contributed by atoms with E-state index in [1.165, 1.54) is 7.11 Å². The zero-order valence-electron chi connectivity index (χ0n) is 15.8. The van der Waals surface area contributed by atoms with Gasteiger partial charge in [-0.15, -0.1) is 0 Å². The Hall–Kier alpha value is -2.77. The molecule has 0 aliphatic carbocycles. The zero-order valence-corrected chi connectivity index (χ0v) is 15.8. The second-order valence-electron chi connectivity index (χ2n) is 5.89. The molecule has 0 saturated carbocycles. The average Bonchev–Trinajstić information content (AvgIpc) is 2.69. The van der Waals surface area contributed by atoms with E-state index in [1.807, 2.05) is 31.2 Å². The molecule has 2 rings (SSSR count). The van der Waals surface area contributed by atoms with E-state index in [9.17, 15) is 4.79 Å². The third-order valence-electron chi connectivity index (χ3n) is 3.96. The van der Waals surface area contributed by atoms with Gasteiger partial charge in [0.2, 0.25) is 0 Å². The number of urea groups is 1. The van der Waals surface area contributed by atoms with Crippen LogP contribution in [0.4, 0.5) is 10.5 Å². The third-order valence-corrected chi connectivity index (χ3v) is 3.96.